The first-order chi connectivity index (χ1) is 22.5. The van der Waals surface area contributed by atoms with Gasteiger partial charge in [0.05, 0.1) is 0 Å². The quantitative estimate of drug-likeness (QED) is 0.0736. The van der Waals surface area contributed by atoms with Crippen molar-refractivity contribution >= 4 is 53.5 Å². The molecular weight excluding hydrogens is 640 g/mol. The van der Waals surface area contributed by atoms with E-state index in [9.17, 15) is 43.2 Å². The van der Waals surface area contributed by atoms with E-state index in [0.29, 0.717) is 5.56 Å². The fraction of sp³-hybridized carbons (Fsp3) is 0.483. The first kappa shape index (κ1) is 40.3. The first-order valence-corrected chi connectivity index (χ1v) is 14.6. The summed E-state index contributed by atoms with van der Waals surface area (Å²) >= 11 is 0. The second-order valence-electron chi connectivity index (χ2n) is 10.5. The van der Waals surface area contributed by atoms with Gasteiger partial charge in [-0.1, -0.05) is 30.3 Å². The van der Waals surface area contributed by atoms with Crippen molar-refractivity contribution in [3.63, 3.8) is 0 Å². The van der Waals surface area contributed by atoms with Crippen LogP contribution in [0.15, 0.2) is 30.3 Å². The molecule has 1 rings (SSSR count). The highest BCUT2D eigenvalue weighted by Crippen LogP contribution is 2.05. The van der Waals surface area contributed by atoms with Crippen molar-refractivity contribution in [3.05, 3.63) is 35.9 Å². The summed E-state index contributed by atoms with van der Waals surface area (Å²) in [6.07, 6.45) is -2.81. The molecule has 0 unspecified atom stereocenters. The Morgan fingerprint density at radius 1 is 0.583 bits per heavy atom. The van der Waals surface area contributed by atoms with Gasteiger partial charge in [-0.3, -0.25) is 38.4 Å². The second-order valence-corrected chi connectivity index (χ2v) is 10.5. The highest BCUT2D eigenvalue weighted by Gasteiger charge is 2.30. The Bertz CT molecular complexity index is 1340. The maximum atomic E-state index is 12.9. The summed E-state index contributed by atoms with van der Waals surface area (Å²) in [5.41, 5.74) is 0.659. The zero-order valence-corrected chi connectivity index (χ0v) is 26.4. The van der Waals surface area contributed by atoms with Crippen molar-refractivity contribution in [2.75, 3.05) is 6.54 Å². The molecule has 0 fully saturated rings. The van der Waals surface area contributed by atoms with Gasteiger partial charge in [0.1, 0.15) is 43.4 Å². The number of carbonyl (C=O) groups excluding carboxylic acids is 6. The van der Waals surface area contributed by atoms with Gasteiger partial charge in [0, 0.05) is 12.8 Å². The highest BCUT2D eigenvalue weighted by molar-refractivity contribution is 5.96. The van der Waals surface area contributed by atoms with E-state index in [4.69, 9.17) is 20.1 Å². The molecule has 0 saturated carbocycles. The van der Waals surface area contributed by atoms with Crippen molar-refractivity contribution in [3.8, 4) is 0 Å². The van der Waals surface area contributed by atoms with Crippen LogP contribution in [0, 0.1) is 0 Å². The van der Waals surface area contributed by atoms with Crippen LogP contribution in [0.2, 0.25) is 0 Å². The summed E-state index contributed by atoms with van der Waals surface area (Å²) in [6.45, 7) is 2.88. The van der Waals surface area contributed by atoms with Crippen LogP contribution in [0.3, 0.4) is 0 Å². The summed E-state index contributed by atoms with van der Waals surface area (Å²) < 4.78 is 5.07. The number of carboxylic acids is 3. The normalized spacial score (nSPS) is 13.6. The molecule has 264 valence electrons. The minimum absolute atomic E-state index is 0.126. The molecule has 0 heterocycles. The molecule has 0 aliphatic heterocycles. The number of hydrogen-bond donors (Lipinski definition) is 9. The molecular formula is C29H40N6O13. The average Bonchev–Trinajstić information content (AvgIpc) is 3.02. The third kappa shape index (κ3) is 16.0. The van der Waals surface area contributed by atoms with E-state index in [1.54, 1.807) is 30.3 Å². The molecule has 0 aliphatic carbocycles. The molecule has 9 N–H and O–H groups in total. The Labute approximate surface area is 274 Å². The lowest BCUT2D eigenvalue weighted by Gasteiger charge is -2.24. The van der Waals surface area contributed by atoms with E-state index < -0.39 is 110 Å². The second kappa shape index (κ2) is 20.4. The van der Waals surface area contributed by atoms with Crippen LogP contribution in [0.25, 0.3) is 0 Å². The average molecular weight is 681 g/mol. The predicted molar refractivity (Wildman–Crippen MR) is 163 cm³/mol. The maximum absolute atomic E-state index is 12.9. The summed E-state index contributed by atoms with van der Waals surface area (Å²) in [6, 6.07) is 1.85. The van der Waals surface area contributed by atoms with Crippen LogP contribution in [0.5, 0.6) is 0 Å². The topological polar surface area (TPSA) is 296 Å². The van der Waals surface area contributed by atoms with Crippen LogP contribution in [0.4, 0.5) is 4.79 Å². The van der Waals surface area contributed by atoms with Gasteiger partial charge in [0.2, 0.25) is 29.5 Å². The molecule has 19 heteroatoms. The van der Waals surface area contributed by atoms with Crippen LogP contribution in [0.1, 0.15) is 52.0 Å². The van der Waals surface area contributed by atoms with Crippen LogP contribution < -0.4 is 31.9 Å². The molecule has 0 aromatic heterocycles. The Balaban J connectivity index is 2.81. The van der Waals surface area contributed by atoms with E-state index in [0.717, 1.165) is 0 Å². The fourth-order valence-corrected chi connectivity index (χ4v) is 3.76. The molecule has 0 bridgehead atoms. The first-order valence-electron chi connectivity index (χ1n) is 14.6. The van der Waals surface area contributed by atoms with Gasteiger partial charge in [-0.15, -0.1) is 0 Å². The van der Waals surface area contributed by atoms with Gasteiger partial charge in [0.15, 0.2) is 0 Å². The summed E-state index contributed by atoms with van der Waals surface area (Å²) in [7, 11) is 0. The number of ether oxygens (including phenoxy) is 1. The Hall–Kier alpha value is -5.75. The van der Waals surface area contributed by atoms with Crippen molar-refractivity contribution in [2.24, 2.45) is 0 Å². The largest absolute Gasteiger partial charge is 0.481 e. The number of aliphatic carboxylic acids is 3. The van der Waals surface area contributed by atoms with Gasteiger partial charge in [0.25, 0.3) is 0 Å². The van der Waals surface area contributed by atoms with Crippen LogP contribution >= 0.6 is 0 Å². The Morgan fingerprint density at radius 2 is 1.02 bits per heavy atom. The van der Waals surface area contributed by atoms with Crippen molar-refractivity contribution in [2.45, 2.75) is 83.3 Å². The van der Waals surface area contributed by atoms with Gasteiger partial charge in [-0.05, 0) is 39.2 Å². The molecule has 48 heavy (non-hydrogen) atoms. The number of benzene rings is 1. The van der Waals surface area contributed by atoms with E-state index in [1.807, 2.05) is 0 Å². The lowest BCUT2D eigenvalue weighted by Crippen LogP contribution is -2.58. The number of carboxylic acid groups (broad SMARTS) is 3. The molecule has 0 aliphatic rings. The smallest absolute Gasteiger partial charge is 0.408 e. The highest BCUT2D eigenvalue weighted by atomic mass is 16.5. The van der Waals surface area contributed by atoms with Gasteiger partial charge < -0.3 is 52.0 Å². The number of nitrogens with one attached hydrogen (secondary N) is 6. The number of carbonyl (C=O) groups is 9. The summed E-state index contributed by atoms with van der Waals surface area (Å²) in [5, 5.41) is 40.2. The lowest BCUT2D eigenvalue weighted by molar-refractivity contribution is -0.139. The molecule has 6 amide bonds. The van der Waals surface area contributed by atoms with Crippen LogP contribution in [-0.4, -0.2) is 106 Å². The molecule has 5 atom stereocenters. The molecule has 0 spiro atoms. The third-order valence-corrected chi connectivity index (χ3v) is 6.42. The monoisotopic (exact) mass is 680 g/mol. The fourth-order valence-electron chi connectivity index (χ4n) is 3.76. The number of hydrogen-bond acceptors (Lipinski definition) is 10. The predicted octanol–water partition coefficient (Wildman–Crippen LogP) is -1.79. The van der Waals surface area contributed by atoms with E-state index in [1.165, 1.54) is 20.8 Å². The molecule has 1 aromatic carbocycles. The minimum atomic E-state index is -1.47. The molecule has 19 nitrogen and oxygen atoms in total. The lowest BCUT2D eigenvalue weighted by atomic mass is 10.1. The van der Waals surface area contributed by atoms with Gasteiger partial charge >= 0.3 is 24.0 Å². The summed E-state index contributed by atoms with van der Waals surface area (Å²) in [5.74, 6) is -8.40. The number of amides is 6. The Morgan fingerprint density at radius 3 is 1.50 bits per heavy atom. The van der Waals surface area contributed by atoms with E-state index in [2.05, 4.69) is 31.9 Å². The third-order valence-electron chi connectivity index (χ3n) is 6.42. The summed E-state index contributed by atoms with van der Waals surface area (Å²) in [4.78, 5) is 108. The zero-order chi connectivity index (χ0) is 36.4. The number of alkyl carbamates (subject to hydrolysis) is 1. The van der Waals surface area contributed by atoms with E-state index >= 15 is 0 Å². The van der Waals surface area contributed by atoms with Crippen molar-refractivity contribution < 1.29 is 63.2 Å². The number of rotatable bonds is 20. The van der Waals surface area contributed by atoms with Crippen LogP contribution in [-0.2, 0) is 49.7 Å². The van der Waals surface area contributed by atoms with Gasteiger partial charge in [-0.25, -0.2) is 4.79 Å². The zero-order valence-electron chi connectivity index (χ0n) is 26.4. The van der Waals surface area contributed by atoms with Gasteiger partial charge in [-0.2, -0.15) is 0 Å². The minimum Gasteiger partial charge on any atom is -0.481 e. The maximum Gasteiger partial charge on any atom is 0.408 e. The molecule has 0 saturated heterocycles. The Kier molecular flexibility index (Phi) is 17.1. The van der Waals surface area contributed by atoms with Crippen molar-refractivity contribution in [1.82, 2.24) is 31.9 Å². The SMILES string of the molecule is C[C@H](NC(=O)[C@H](C)NC(=O)[C@H](CCC(=O)O)NC(=O)OCc1ccccc1)C(=O)N[C@@H](CCC(=O)O)C(=O)N[C@@H](C)C(=O)NCC(=O)O. The standard InChI is InChI=1S/C29H40N6O13/c1-15(24(42)30-13-23(40)41)32-27(45)19(9-11-21(36)37)34-26(44)17(3)31-25(43)16(2)33-28(46)20(10-12-22(38)39)35-29(47)48-14-18-7-5-4-6-8-18/h4-8,15-17,19-20H,9-14H2,1-3H3,(H,30,42)(H,31,43)(H,32,45)(H,33,46)(H,34,44)(H,35,47)(H,36,37)(H,38,39)(H,40,41)/t15-,16-,17-,19-,20-/m0/s1. The van der Waals surface area contributed by atoms with Crippen molar-refractivity contribution in [1.29, 1.82) is 0 Å². The van der Waals surface area contributed by atoms with E-state index in [-0.39, 0.29) is 13.0 Å². The molecule has 0 radical (unpaired) electrons. The molecule has 1 aromatic rings.